The number of fused-ring (bicyclic) bond motifs is 9. The Morgan fingerprint density at radius 2 is 0.872 bits per heavy atom. The molecule has 0 saturated heterocycles. The number of benzene rings is 7. The second-order valence-electron chi connectivity index (χ2n) is 10.6. The van der Waals surface area contributed by atoms with Gasteiger partial charge in [-0.25, -0.2) is 0 Å². The van der Waals surface area contributed by atoms with Gasteiger partial charge in [0.25, 0.3) is 0 Å². The maximum absolute atomic E-state index is 6.08. The summed E-state index contributed by atoms with van der Waals surface area (Å²) in [6.07, 6.45) is 0. The highest BCUT2D eigenvalue weighted by molar-refractivity contribution is 6.26. The Morgan fingerprint density at radius 3 is 1.59 bits per heavy atom. The summed E-state index contributed by atoms with van der Waals surface area (Å²) in [4.78, 5) is 0. The number of para-hydroxylation sites is 1. The molecule has 1 heteroatoms. The van der Waals surface area contributed by atoms with Gasteiger partial charge in [0.1, 0.15) is 11.2 Å². The summed E-state index contributed by atoms with van der Waals surface area (Å²) >= 11 is 0. The van der Waals surface area contributed by atoms with Crippen molar-refractivity contribution in [2.75, 3.05) is 0 Å². The predicted molar refractivity (Wildman–Crippen MR) is 167 cm³/mol. The van der Waals surface area contributed by atoms with Crippen molar-refractivity contribution >= 4 is 54.3 Å². The molecular formula is C38H26O. The van der Waals surface area contributed by atoms with E-state index in [9.17, 15) is 0 Å². The van der Waals surface area contributed by atoms with E-state index in [0.717, 1.165) is 21.9 Å². The molecule has 184 valence electrons. The first-order valence-corrected chi connectivity index (χ1v) is 13.5. The topological polar surface area (TPSA) is 13.1 Å². The van der Waals surface area contributed by atoms with Crippen molar-refractivity contribution < 1.29 is 4.42 Å². The van der Waals surface area contributed by atoms with Crippen LogP contribution in [0.1, 0.15) is 11.1 Å². The van der Waals surface area contributed by atoms with Crippen LogP contribution in [0.25, 0.3) is 76.5 Å². The van der Waals surface area contributed by atoms with Gasteiger partial charge in [-0.3, -0.25) is 0 Å². The van der Waals surface area contributed by atoms with E-state index in [1.807, 2.05) is 12.1 Å². The fourth-order valence-corrected chi connectivity index (χ4v) is 6.35. The van der Waals surface area contributed by atoms with Crippen LogP contribution in [0.3, 0.4) is 0 Å². The van der Waals surface area contributed by atoms with Gasteiger partial charge in [-0.1, -0.05) is 91.0 Å². The number of aryl methyl sites for hydroxylation is 2. The number of rotatable bonds is 2. The third-order valence-electron chi connectivity index (χ3n) is 8.33. The summed E-state index contributed by atoms with van der Waals surface area (Å²) < 4.78 is 6.08. The lowest BCUT2D eigenvalue weighted by Crippen LogP contribution is -1.91. The van der Waals surface area contributed by atoms with Crippen LogP contribution in [-0.4, -0.2) is 0 Å². The lowest BCUT2D eigenvalue weighted by atomic mass is 9.87. The van der Waals surface area contributed by atoms with Crippen LogP contribution in [0.15, 0.2) is 126 Å². The summed E-state index contributed by atoms with van der Waals surface area (Å²) in [5.41, 5.74) is 9.41. The quantitative estimate of drug-likeness (QED) is 0.216. The number of hydrogen-bond acceptors (Lipinski definition) is 1. The minimum Gasteiger partial charge on any atom is -0.456 e. The molecule has 0 aliphatic heterocycles. The van der Waals surface area contributed by atoms with Crippen LogP contribution in [0, 0.1) is 13.8 Å². The van der Waals surface area contributed by atoms with Crippen molar-refractivity contribution in [2.45, 2.75) is 13.8 Å². The SMILES string of the molecule is Cc1ccc(-c2ccc3oc4ccccc4c3c2)cc1-c1cc2c3ccccc3c3ccccc3c2cc1C. The Hall–Kier alpha value is -4.88. The van der Waals surface area contributed by atoms with Crippen LogP contribution in [0.2, 0.25) is 0 Å². The molecule has 0 amide bonds. The second kappa shape index (κ2) is 8.31. The Balaban J connectivity index is 1.36. The Kier molecular flexibility index (Phi) is 4.72. The molecule has 0 atom stereocenters. The van der Waals surface area contributed by atoms with E-state index in [2.05, 4.69) is 123 Å². The highest BCUT2D eigenvalue weighted by Gasteiger charge is 2.14. The van der Waals surface area contributed by atoms with Gasteiger partial charge in [-0.15, -0.1) is 0 Å². The molecule has 7 aromatic carbocycles. The van der Waals surface area contributed by atoms with Gasteiger partial charge < -0.3 is 4.42 Å². The standard InChI is InChI=1S/C38H26O/c1-23-15-16-25(26-17-18-38-36(21-26)31-13-7-8-14-37(31)39-38)20-32(23)33-22-35-30-12-6-4-10-28(30)27-9-3-5-11-29(27)34(35)19-24(33)2/h3-22H,1-2H3. The monoisotopic (exact) mass is 498 g/mol. The summed E-state index contributed by atoms with van der Waals surface area (Å²) in [6, 6.07) is 44.0. The van der Waals surface area contributed by atoms with Gasteiger partial charge in [0.15, 0.2) is 0 Å². The van der Waals surface area contributed by atoms with Crippen molar-refractivity contribution in [3.63, 3.8) is 0 Å². The molecule has 8 rings (SSSR count). The summed E-state index contributed by atoms with van der Waals surface area (Å²) in [6.45, 7) is 4.46. The third kappa shape index (κ3) is 3.33. The fraction of sp³-hybridized carbons (Fsp3) is 0.0526. The maximum atomic E-state index is 6.08. The average molecular weight is 499 g/mol. The molecule has 39 heavy (non-hydrogen) atoms. The van der Waals surface area contributed by atoms with Crippen LogP contribution < -0.4 is 0 Å². The van der Waals surface area contributed by atoms with Crippen LogP contribution >= 0.6 is 0 Å². The van der Waals surface area contributed by atoms with Gasteiger partial charge in [0.2, 0.25) is 0 Å². The Morgan fingerprint density at radius 1 is 0.359 bits per heavy atom. The Bertz CT molecular complexity index is 2250. The molecule has 8 aromatic rings. The molecule has 0 aliphatic carbocycles. The number of hydrogen-bond donors (Lipinski definition) is 0. The van der Waals surface area contributed by atoms with Gasteiger partial charge in [-0.2, -0.15) is 0 Å². The number of furan rings is 1. The smallest absolute Gasteiger partial charge is 0.135 e. The second-order valence-corrected chi connectivity index (χ2v) is 10.6. The van der Waals surface area contributed by atoms with E-state index in [-0.39, 0.29) is 0 Å². The van der Waals surface area contributed by atoms with Gasteiger partial charge in [-0.05, 0) is 110 Å². The van der Waals surface area contributed by atoms with Crippen LogP contribution in [0.5, 0.6) is 0 Å². The predicted octanol–water partition coefficient (Wildman–Crippen LogP) is 11.0. The van der Waals surface area contributed by atoms with Crippen molar-refractivity contribution in [2.24, 2.45) is 0 Å². The van der Waals surface area contributed by atoms with Gasteiger partial charge in [0.05, 0.1) is 0 Å². The first kappa shape index (κ1) is 22.1. The average Bonchev–Trinajstić information content (AvgIpc) is 3.35. The third-order valence-corrected chi connectivity index (χ3v) is 8.33. The summed E-state index contributed by atoms with van der Waals surface area (Å²) in [5.74, 6) is 0. The zero-order chi connectivity index (χ0) is 26.1. The molecule has 1 aromatic heterocycles. The maximum Gasteiger partial charge on any atom is 0.135 e. The van der Waals surface area contributed by atoms with E-state index in [1.165, 1.54) is 65.7 Å². The normalized spacial score (nSPS) is 11.8. The summed E-state index contributed by atoms with van der Waals surface area (Å²) in [7, 11) is 0. The molecular weight excluding hydrogens is 472 g/mol. The van der Waals surface area contributed by atoms with E-state index in [0.29, 0.717) is 0 Å². The molecule has 0 bridgehead atoms. The van der Waals surface area contributed by atoms with Crippen molar-refractivity contribution in [1.29, 1.82) is 0 Å². The van der Waals surface area contributed by atoms with Crippen molar-refractivity contribution in [1.82, 2.24) is 0 Å². The molecule has 1 nitrogen and oxygen atoms in total. The van der Waals surface area contributed by atoms with E-state index >= 15 is 0 Å². The Labute approximate surface area is 226 Å². The first-order chi connectivity index (χ1) is 19.2. The molecule has 0 aliphatic rings. The fourth-order valence-electron chi connectivity index (χ4n) is 6.35. The zero-order valence-electron chi connectivity index (χ0n) is 22.0. The van der Waals surface area contributed by atoms with Gasteiger partial charge >= 0.3 is 0 Å². The lowest BCUT2D eigenvalue weighted by Gasteiger charge is -2.16. The van der Waals surface area contributed by atoms with Gasteiger partial charge in [0, 0.05) is 10.8 Å². The molecule has 0 fully saturated rings. The molecule has 0 unspecified atom stereocenters. The van der Waals surface area contributed by atoms with E-state index < -0.39 is 0 Å². The minimum atomic E-state index is 0.928. The van der Waals surface area contributed by atoms with E-state index in [1.54, 1.807) is 0 Å². The molecule has 0 saturated carbocycles. The first-order valence-electron chi connectivity index (χ1n) is 13.5. The van der Waals surface area contributed by atoms with Crippen molar-refractivity contribution in [3.8, 4) is 22.3 Å². The van der Waals surface area contributed by atoms with Crippen molar-refractivity contribution in [3.05, 3.63) is 132 Å². The highest BCUT2D eigenvalue weighted by atomic mass is 16.3. The largest absolute Gasteiger partial charge is 0.456 e. The zero-order valence-corrected chi connectivity index (χ0v) is 22.0. The minimum absolute atomic E-state index is 0.928. The summed E-state index contributed by atoms with van der Waals surface area (Å²) in [5, 5.41) is 10.2. The van der Waals surface area contributed by atoms with E-state index in [4.69, 9.17) is 4.42 Å². The van der Waals surface area contributed by atoms with Crippen LogP contribution in [-0.2, 0) is 0 Å². The highest BCUT2D eigenvalue weighted by Crippen LogP contribution is 2.40. The molecule has 0 N–H and O–H groups in total. The molecule has 1 heterocycles. The molecule has 0 spiro atoms. The lowest BCUT2D eigenvalue weighted by molar-refractivity contribution is 0.669. The molecule has 0 radical (unpaired) electrons. The van der Waals surface area contributed by atoms with Crippen LogP contribution in [0.4, 0.5) is 0 Å².